The second-order valence-corrected chi connectivity index (χ2v) is 7.02. The van der Waals surface area contributed by atoms with Crippen LogP contribution in [0.3, 0.4) is 0 Å². The summed E-state index contributed by atoms with van der Waals surface area (Å²) in [5.41, 5.74) is 0.942. The predicted molar refractivity (Wildman–Crippen MR) is 106 cm³/mol. The van der Waals surface area contributed by atoms with Gasteiger partial charge in [0.2, 0.25) is 10.7 Å². The Hall–Kier alpha value is -2.02. The lowest BCUT2D eigenvalue weighted by atomic mass is 10.2. The molecule has 130 valence electrons. The minimum absolute atomic E-state index is 0.204. The summed E-state index contributed by atoms with van der Waals surface area (Å²) < 4.78 is 17.3. The third kappa shape index (κ3) is 3.13. The number of methoxy groups -OCH3 is 1. The van der Waals surface area contributed by atoms with Crippen LogP contribution in [0.4, 0.5) is 0 Å². The van der Waals surface area contributed by atoms with Crippen LogP contribution in [-0.2, 0) is 4.74 Å². The summed E-state index contributed by atoms with van der Waals surface area (Å²) in [6, 6.07) is 11.7. The second kappa shape index (κ2) is 6.71. The fraction of sp³-hybridized carbons (Fsp3) is 0.263. The van der Waals surface area contributed by atoms with Crippen LogP contribution in [0.1, 0.15) is 19.6 Å². The average molecular weight is 375 g/mol. The molecule has 2 aromatic rings. The molecule has 25 heavy (non-hydrogen) atoms. The number of benzene rings is 1. The monoisotopic (exact) mass is 374 g/mol. The van der Waals surface area contributed by atoms with E-state index in [0.29, 0.717) is 26.2 Å². The topological polar surface area (TPSA) is 31.6 Å². The second-order valence-electron chi connectivity index (χ2n) is 6.28. The van der Waals surface area contributed by atoms with E-state index >= 15 is 0 Å². The Morgan fingerprint density at radius 3 is 2.56 bits per heavy atom. The van der Waals surface area contributed by atoms with Gasteiger partial charge >= 0.3 is 5.17 Å². The van der Waals surface area contributed by atoms with Gasteiger partial charge in [-0.05, 0) is 50.3 Å². The fourth-order valence-electron chi connectivity index (χ4n) is 2.57. The normalized spacial score (nSPS) is 21.9. The lowest BCUT2D eigenvalue weighted by Gasteiger charge is -2.28. The van der Waals surface area contributed by atoms with E-state index in [4.69, 9.17) is 38.3 Å². The maximum Gasteiger partial charge on any atom is 0.374 e. The summed E-state index contributed by atoms with van der Waals surface area (Å²) in [5, 5.41) is 0.464. The number of ether oxygens (including phenoxy) is 2. The molecule has 0 bridgehead atoms. The van der Waals surface area contributed by atoms with Crippen molar-refractivity contribution in [1.29, 1.82) is 0 Å². The van der Waals surface area contributed by atoms with Crippen LogP contribution in [0.25, 0.3) is 17.4 Å². The zero-order chi connectivity index (χ0) is 18.2. The number of furan rings is 1. The molecule has 0 N–H and O–H groups in total. The summed E-state index contributed by atoms with van der Waals surface area (Å²) in [6.45, 7) is 4.14. The average Bonchev–Trinajstić information content (AvgIpc) is 3.15. The van der Waals surface area contributed by atoms with Crippen molar-refractivity contribution in [3.8, 4) is 17.1 Å². The van der Waals surface area contributed by atoms with Crippen molar-refractivity contribution in [3.63, 3.8) is 0 Å². The zero-order valence-corrected chi connectivity index (χ0v) is 16.2. The van der Waals surface area contributed by atoms with E-state index in [-0.39, 0.29) is 6.04 Å². The first-order valence-corrected chi connectivity index (χ1v) is 8.77. The predicted octanol–water partition coefficient (Wildman–Crippen LogP) is 4.79. The van der Waals surface area contributed by atoms with Crippen molar-refractivity contribution >= 4 is 40.7 Å². The van der Waals surface area contributed by atoms with Gasteiger partial charge in [-0.1, -0.05) is 12.1 Å². The number of quaternary nitrogens is 1. The number of rotatable bonds is 4. The Bertz CT molecular complexity index is 869. The molecule has 0 amide bonds. The van der Waals surface area contributed by atoms with Crippen molar-refractivity contribution in [3.05, 3.63) is 47.9 Å². The molecule has 2 heterocycles. The number of hydrogen-bond acceptors (Lipinski definition) is 5. The molecular weight excluding hydrogens is 354 g/mol. The SMILES string of the molecule is COc1cccc(-c2ccc(C=C3OC(=S)[N+](C)(C(C)C)C3=S)o2)c1. The van der Waals surface area contributed by atoms with Crippen LogP contribution < -0.4 is 4.74 Å². The van der Waals surface area contributed by atoms with Gasteiger partial charge in [0.1, 0.15) is 17.3 Å². The zero-order valence-electron chi connectivity index (χ0n) is 14.6. The highest BCUT2D eigenvalue weighted by Crippen LogP contribution is 2.31. The molecule has 3 rings (SSSR count). The Labute approximate surface area is 158 Å². The molecule has 1 aromatic carbocycles. The lowest BCUT2D eigenvalue weighted by Crippen LogP contribution is -2.52. The first-order valence-electron chi connectivity index (χ1n) is 7.95. The summed E-state index contributed by atoms with van der Waals surface area (Å²) in [5.74, 6) is 2.76. The van der Waals surface area contributed by atoms with Crippen molar-refractivity contribution < 1.29 is 18.4 Å². The van der Waals surface area contributed by atoms with Gasteiger partial charge in [-0.15, -0.1) is 0 Å². The van der Waals surface area contributed by atoms with Gasteiger partial charge < -0.3 is 13.9 Å². The summed E-state index contributed by atoms with van der Waals surface area (Å²) in [4.78, 5) is 0.666. The number of hydrogen-bond donors (Lipinski definition) is 0. The van der Waals surface area contributed by atoms with Gasteiger partial charge in [0.15, 0.2) is 0 Å². The van der Waals surface area contributed by atoms with Crippen LogP contribution in [0.15, 0.2) is 46.6 Å². The van der Waals surface area contributed by atoms with Gasteiger partial charge in [-0.3, -0.25) is 0 Å². The van der Waals surface area contributed by atoms with E-state index in [1.165, 1.54) is 0 Å². The third-order valence-corrected chi connectivity index (χ3v) is 5.54. The van der Waals surface area contributed by atoms with Crippen LogP contribution in [0.5, 0.6) is 5.75 Å². The van der Waals surface area contributed by atoms with E-state index in [1.54, 1.807) is 13.2 Å². The summed E-state index contributed by atoms with van der Waals surface area (Å²) in [6.07, 6.45) is 1.80. The molecule has 1 fully saturated rings. The molecule has 1 saturated heterocycles. The Morgan fingerprint density at radius 2 is 1.92 bits per heavy atom. The van der Waals surface area contributed by atoms with Gasteiger partial charge in [-0.2, -0.15) is 0 Å². The highest BCUT2D eigenvalue weighted by Gasteiger charge is 2.48. The van der Waals surface area contributed by atoms with Crippen LogP contribution >= 0.6 is 24.4 Å². The molecule has 0 radical (unpaired) electrons. The highest BCUT2D eigenvalue weighted by molar-refractivity contribution is 7.81. The lowest BCUT2D eigenvalue weighted by molar-refractivity contribution is -0.745. The minimum Gasteiger partial charge on any atom is -0.497 e. The largest absolute Gasteiger partial charge is 0.497 e. The molecule has 1 aliphatic rings. The number of likely N-dealkylation sites (N-methyl/N-ethyl adjacent to an activating group) is 1. The minimum atomic E-state index is 0.204. The fourth-order valence-corrected chi connectivity index (χ4v) is 3.42. The van der Waals surface area contributed by atoms with E-state index in [1.807, 2.05) is 43.4 Å². The Balaban J connectivity index is 1.90. The number of thiocarbonyl (C=S) groups is 2. The Kier molecular flexibility index (Phi) is 4.77. The molecule has 6 heteroatoms. The van der Waals surface area contributed by atoms with Crippen molar-refractivity contribution in [1.82, 2.24) is 0 Å². The Morgan fingerprint density at radius 1 is 1.16 bits per heavy atom. The van der Waals surface area contributed by atoms with Gasteiger partial charge in [0.25, 0.3) is 0 Å². The van der Waals surface area contributed by atoms with Crippen molar-refractivity contribution in [2.45, 2.75) is 19.9 Å². The maximum absolute atomic E-state index is 5.92. The molecule has 0 spiro atoms. The quantitative estimate of drug-likeness (QED) is 0.436. The molecule has 1 aromatic heterocycles. The van der Waals surface area contributed by atoms with Crippen LogP contribution in [0, 0.1) is 0 Å². The molecule has 4 nitrogen and oxygen atoms in total. The van der Waals surface area contributed by atoms with E-state index in [0.717, 1.165) is 17.1 Å². The van der Waals surface area contributed by atoms with Crippen molar-refractivity contribution in [2.24, 2.45) is 0 Å². The number of nitrogens with zero attached hydrogens (tertiary/aromatic N) is 1. The molecule has 1 unspecified atom stereocenters. The van der Waals surface area contributed by atoms with Gasteiger partial charge in [0, 0.05) is 23.9 Å². The first-order chi connectivity index (χ1) is 11.9. The smallest absolute Gasteiger partial charge is 0.374 e. The standard InChI is InChI=1S/C19H20NO3S2/c1-12(2)20(3)18(24)17(23-19(20)25)11-15-8-9-16(22-15)13-6-5-7-14(10-13)21-4/h5-12H,1-4H3/q+1. The summed E-state index contributed by atoms with van der Waals surface area (Å²) in [7, 11) is 3.61. The van der Waals surface area contributed by atoms with Crippen LogP contribution in [-0.4, -0.2) is 34.8 Å². The molecule has 1 aliphatic heterocycles. The van der Waals surface area contributed by atoms with Crippen LogP contribution in [0.2, 0.25) is 0 Å². The van der Waals surface area contributed by atoms with E-state index in [2.05, 4.69) is 13.8 Å². The van der Waals surface area contributed by atoms with E-state index < -0.39 is 0 Å². The molecule has 0 saturated carbocycles. The first kappa shape index (κ1) is 17.8. The van der Waals surface area contributed by atoms with E-state index in [9.17, 15) is 0 Å². The summed E-state index contributed by atoms with van der Waals surface area (Å²) >= 11 is 11.0. The third-order valence-electron chi connectivity index (χ3n) is 4.50. The maximum atomic E-state index is 5.92. The van der Waals surface area contributed by atoms with Gasteiger partial charge in [-0.25, -0.2) is 4.48 Å². The molecular formula is C19H20NO3S2+. The highest BCUT2D eigenvalue weighted by atomic mass is 32.1. The van der Waals surface area contributed by atoms with Gasteiger partial charge in [0.05, 0.1) is 20.2 Å². The molecule has 0 aliphatic carbocycles. The van der Waals surface area contributed by atoms with Crippen molar-refractivity contribution in [2.75, 3.05) is 14.2 Å². The molecule has 1 atom stereocenters.